The van der Waals surface area contributed by atoms with E-state index in [0.717, 1.165) is 32.6 Å². The van der Waals surface area contributed by atoms with Crippen LogP contribution in [0, 0.1) is 5.41 Å². The molecule has 1 rings (SSSR count). The van der Waals surface area contributed by atoms with Crippen molar-refractivity contribution in [1.82, 2.24) is 14.7 Å². The lowest BCUT2D eigenvalue weighted by Gasteiger charge is -2.31. The van der Waals surface area contributed by atoms with Crippen molar-refractivity contribution >= 4 is 0 Å². The summed E-state index contributed by atoms with van der Waals surface area (Å²) in [5.41, 5.74) is 7.27. The van der Waals surface area contributed by atoms with Gasteiger partial charge in [0, 0.05) is 38.4 Å². The zero-order valence-corrected chi connectivity index (χ0v) is 11.6. The molecule has 2 N–H and O–H groups in total. The maximum absolute atomic E-state index is 5.78. The molecule has 0 aromatic carbocycles. The summed E-state index contributed by atoms with van der Waals surface area (Å²) in [5, 5.41) is 4.19. The second-order valence-electron chi connectivity index (χ2n) is 5.43. The normalized spacial score (nSPS) is 12.4. The highest BCUT2D eigenvalue weighted by molar-refractivity contribution is 5.00. The van der Waals surface area contributed by atoms with Gasteiger partial charge in [0.15, 0.2) is 0 Å². The summed E-state index contributed by atoms with van der Waals surface area (Å²) in [6, 6.07) is 2.09. The first-order valence-electron chi connectivity index (χ1n) is 6.38. The third kappa shape index (κ3) is 4.48. The minimum absolute atomic E-state index is 0.197. The molecular formula is C13H26N4. The van der Waals surface area contributed by atoms with Crippen molar-refractivity contribution in [3.8, 4) is 0 Å². The van der Waals surface area contributed by atoms with Gasteiger partial charge in [-0.05, 0) is 24.6 Å². The molecule has 0 aliphatic carbocycles. The topological polar surface area (TPSA) is 47.1 Å². The highest BCUT2D eigenvalue weighted by Crippen LogP contribution is 2.15. The van der Waals surface area contributed by atoms with Gasteiger partial charge >= 0.3 is 0 Å². The first-order valence-corrected chi connectivity index (χ1v) is 6.38. The predicted octanol–water partition coefficient (Wildman–Crippen LogP) is 1.27. The fourth-order valence-electron chi connectivity index (χ4n) is 1.94. The van der Waals surface area contributed by atoms with Crippen molar-refractivity contribution in [1.29, 1.82) is 0 Å². The summed E-state index contributed by atoms with van der Waals surface area (Å²) >= 11 is 0. The van der Waals surface area contributed by atoms with Crippen molar-refractivity contribution in [2.75, 3.05) is 26.2 Å². The van der Waals surface area contributed by atoms with Crippen LogP contribution in [0.15, 0.2) is 12.3 Å². The van der Waals surface area contributed by atoms with Crippen molar-refractivity contribution < 1.29 is 0 Å². The smallest absolute Gasteiger partial charge is 0.0492 e. The van der Waals surface area contributed by atoms with E-state index in [1.165, 1.54) is 5.69 Å². The minimum Gasteiger partial charge on any atom is -0.330 e. The third-order valence-electron chi connectivity index (χ3n) is 3.26. The summed E-state index contributed by atoms with van der Waals surface area (Å²) in [7, 11) is 2.00. The molecule has 0 unspecified atom stereocenters. The lowest BCUT2D eigenvalue weighted by atomic mass is 9.93. The molecule has 1 heterocycles. The molecule has 17 heavy (non-hydrogen) atoms. The van der Waals surface area contributed by atoms with Gasteiger partial charge in [-0.1, -0.05) is 20.8 Å². The van der Waals surface area contributed by atoms with Crippen LogP contribution in [-0.2, 0) is 13.5 Å². The van der Waals surface area contributed by atoms with E-state index >= 15 is 0 Å². The zero-order chi connectivity index (χ0) is 12.9. The third-order valence-corrected chi connectivity index (χ3v) is 3.26. The van der Waals surface area contributed by atoms with E-state index in [-0.39, 0.29) is 5.41 Å². The van der Waals surface area contributed by atoms with E-state index in [0.29, 0.717) is 0 Å². The van der Waals surface area contributed by atoms with Crippen LogP contribution in [0.25, 0.3) is 0 Å². The van der Waals surface area contributed by atoms with Crippen LogP contribution in [0.4, 0.5) is 0 Å². The minimum atomic E-state index is 0.197. The van der Waals surface area contributed by atoms with Gasteiger partial charge in [-0.25, -0.2) is 0 Å². The number of likely N-dealkylation sites (N-methyl/N-ethyl adjacent to an activating group) is 1. The maximum Gasteiger partial charge on any atom is 0.0492 e. The highest BCUT2D eigenvalue weighted by atomic mass is 15.3. The van der Waals surface area contributed by atoms with Gasteiger partial charge in [0.2, 0.25) is 0 Å². The first kappa shape index (κ1) is 14.2. The number of rotatable bonds is 7. The number of aromatic nitrogens is 2. The van der Waals surface area contributed by atoms with Gasteiger partial charge in [-0.15, -0.1) is 0 Å². The monoisotopic (exact) mass is 238 g/mol. The van der Waals surface area contributed by atoms with Crippen LogP contribution in [0.1, 0.15) is 26.5 Å². The van der Waals surface area contributed by atoms with Gasteiger partial charge in [0.05, 0.1) is 0 Å². The Hall–Kier alpha value is -0.870. The van der Waals surface area contributed by atoms with Crippen LogP contribution in [0.5, 0.6) is 0 Å². The van der Waals surface area contributed by atoms with Gasteiger partial charge < -0.3 is 10.6 Å². The van der Waals surface area contributed by atoms with E-state index in [2.05, 4.69) is 36.8 Å². The van der Waals surface area contributed by atoms with Crippen LogP contribution in [0.2, 0.25) is 0 Å². The van der Waals surface area contributed by atoms with E-state index in [1.807, 2.05) is 17.9 Å². The molecule has 0 spiro atoms. The fraction of sp³-hybridized carbons (Fsp3) is 0.769. The van der Waals surface area contributed by atoms with E-state index < -0.39 is 0 Å². The Morgan fingerprint density at radius 2 is 2.18 bits per heavy atom. The molecule has 0 amide bonds. The van der Waals surface area contributed by atoms with Gasteiger partial charge in [0.1, 0.15) is 0 Å². The Bertz CT molecular complexity index is 330. The van der Waals surface area contributed by atoms with Crippen molar-refractivity contribution in [2.45, 2.75) is 27.2 Å². The van der Waals surface area contributed by atoms with Crippen molar-refractivity contribution in [2.24, 2.45) is 18.2 Å². The summed E-state index contributed by atoms with van der Waals surface area (Å²) < 4.78 is 1.95. The molecule has 4 heteroatoms. The van der Waals surface area contributed by atoms with Crippen molar-refractivity contribution in [3.63, 3.8) is 0 Å². The second-order valence-corrected chi connectivity index (χ2v) is 5.43. The molecule has 0 saturated carbocycles. The van der Waals surface area contributed by atoms with Crippen LogP contribution in [0.3, 0.4) is 0 Å². The Labute approximate surface area is 105 Å². The highest BCUT2D eigenvalue weighted by Gasteiger charge is 2.19. The fourth-order valence-corrected chi connectivity index (χ4v) is 1.94. The number of hydrogen-bond acceptors (Lipinski definition) is 3. The molecule has 0 atom stereocenters. The molecule has 4 nitrogen and oxygen atoms in total. The lowest BCUT2D eigenvalue weighted by Crippen LogP contribution is -2.39. The number of aryl methyl sites for hydroxylation is 1. The van der Waals surface area contributed by atoms with Crippen LogP contribution in [-0.4, -0.2) is 40.9 Å². The molecule has 0 bridgehead atoms. The lowest BCUT2D eigenvalue weighted by molar-refractivity contribution is 0.191. The number of nitrogens with two attached hydrogens (primary N) is 1. The van der Waals surface area contributed by atoms with E-state index in [1.54, 1.807) is 0 Å². The number of nitrogens with zero attached hydrogens (tertiary/aromatic N) is 3. The predicted molar refractivity (Wildman–Crippen MR) is 71.9 cm³/mol. The molecule has 0 aliphatic rings. The summed E-state index contributed by atoms with van der Waals surface area (Å²) in [6.45, 7) is 10.6. The largest absolute Gasteiger partial charge is 0.330 e. The second kappa shape index (κ2) is 6.17. The van der Waals surface area contributed by atoms with E-state index in [4.69, 9.17) is 5.73 Å². The Morgan fingerprint density at radius 3 is 2.65 bits per heavy atom. The molecule has 1 aromatic rings. The molecule has 0 fully saturated rings. The van der Waals surface area contributed by atoms with Gasteiger partial charge in [-0.2, -0.15) is 5.10 Å². The Kier molecular flexibility index (Phi) is 5.15. The first-order chi connectivity index (χ1) is 7.98. The molecule has 98 valence electrons. The van der Waals surface area contributed by atoms with Crippen LogP contribution < -0.4 is 5.73 Å². The van der Waals surface area contributed by atoms with Gasteiger partial charge in [-0.3, -0.25) is 4.68 Å². The van der Waals surface area contributed by atoms with E-state index in [9.17, 15) is 0 Å². The zero-order valence-electron chi connectivity index (χ0n) is 11.6. The van der Waals surface area contributed by atoms with Crippen molar-refractivity contribution in [3.05, 3.63) is 18.0 Å². The molecule has 1 aromatic heterocycles. The quantitative estimate of drug-likeness (QED) is 0.778. The average molecular weight is 238 g/mol. The Balaban J connectivity index is 2.45. The standard InChI is InChI=1S/C13H26N4/c1-5-17(11-13(2,3)10-14)9-7-12-6-8-15-16(12)4/h6,8H,5,7,9-11,14H2,1-4H3. The number of hydrogen-bond donors (Lipinski definition) is 1. The summed E-state index contributed by atoms with van der Waals surface area (Å²) in [4.78, 5) is 2.46. The summed E-state index contributed by atoms with van der Waals surface area (Å²) in [5.74, 6) is 0. The molecule has 0 radical (unpaired) electrons. The van der Waals surface area contributed by atoms with Gasteiger partial charge in [0.25, 0.3) is 0 Å². The van der Waals surface area contributed by atoms with Crippen LogP contribution >= 0.6 is 0 Å². The maximum atomic E-state index is 5.78. The summed E-state index contributed by atoms with van der Waals surface area (Å²) in [6.07, 6.45) is 2.90. The Morgan fingerprint density at radius 1 is 1.47 bits per heavy atom. The molecule has 0 saturated heterocycles. The SMILES string of the molecule is CCN(CCc1ccnn1C)CC(C)(C)CN. The molecule has 0 aliphatic heterocycles. The molecular weight excluding hydrogens is 212 g/mol. The average Bonchev–Trinajstić information content (AvgIpc) is 2.70.